The van der Waals surface area contributed by atoms with Crippen LogP contribution in [0.15, 0.2) is 0 Å². The lowest BCUT2D eigenvalue weighted by Gasteiger charge is -2.33. The maximum atomic E-state index is 10.1. The van der Waals surface area contributed by atoms with Crippen molar-refractivity contribution in [1.29, 1.82) is 0 Å². The van der Waals surface area contributed by atoms with Crippen molar-refractivity contribution in [1.82, 2.24) is 10.2 Å². The maximum Gasteiger partial charge on any atom is 0.0909 e. The molecule has 0 aliphatic carbocycles. The summed E-state index contributed by atoms with van der Waals surface area (Å²) in [6.45, 7) is 6.02. The van der Waals surface area contributed by atoms with Crippen molar-refractivity contribution >= 4 is 0 Å². The second-order valence-corrected chi connectivity index (χ2v) is 4.04. The Morgan fingerprint density at radius 1 is 1.38 bits per heavy atom. The van der Waals surface area contributed by atoms with Gasteiger partial charge in [-0.15, -0.1) is 0 Å². The van der Waals surface area contributed by atoms with Gasteiger partial charge in [0, 0.05) is 26.2 Å². The van der Waals surface area contributed by atoms with E-state index < -0.39 is 5.60 Å². The average Bonchev–Trinajstić information content (AvgIpc) is 2.54. The van der Waals surface area contributed by atoms with Gasteiger partial charge in [0.15, 0.2) is 0 Å². The van der Waals surface area contributed by atoms with Gasteiger partial charge in [-0.3, -0.25) is 4.90 Å². The minimum absolute atomic E-state index is 0.489. The van der Waals surface area contributed by atoms with Gasteiger partial charge in [0.05, 0.1) is 18.8 Å². The van der Waals surface area contributed by atoms with E-state index in [1.807, 2.05) is 0 Å². The molecule has 2 fully saturated rings. The molecule has 2 saturated heterocycles. The van der Waals surface area contributed by atoms with Crippen molar-refractivity contribution < 1.29 is 9.84 Å². The number of aliphatic hydroxyl groups is 1. The molecule has 2 N–H and O–H groups in total. The van der Waals surface area contributed by atoms with Gasteiger partial charge in [-0.2, -0.15) is 0 Å². The molecule has 2 aliphatic rings. The Kier molecular flexibility index (Phi) is 2.83. The van der Waals surface area contributed by atoms with Crippen LogP contribution in [-0.4, -0.2) is 61.5 Å². The van der Waals surface area contributed by atoms with Crippen molar-refractivity contribution in [3.05, 3.63) is 0 Å². The molecule has 4 heteroatoms. The molecule has 0 bridgehead atoms. The summed E-state index contributed by atoms with van der Waals surface area (Å²) in [5, 5.41) is 13.3. The van der Waals surface area contributed by atoms with Crippen LogP contribution in [0.25, 0.3) is 0 Å². The molecule has 4 nitrogen and oxygen atoms in total. The number of nitrogens with one attached hydrogen (secondary N) is 1. The first kappa shape index (κ1) is 9.40. The van der Waals surface area contributed by atoms with Gasteiger partial charge in [-0.1, -0.05) is 0 Å². The standard InChI is InChI=1S/C9H18N2O2/c12-9(1-2-10-7-9)8-11-3-5-13-6-4-11/h10,12H,1-8H2/t9-/m0/s1. The van der Waals surface area contributed by atoms with Crippen LogP contribution in [0.2, 0.25) is 0 Å². The molecule has 0 amide bonds. The Morgan fingerprint density at radius 3 is 2.77 bits per heavy atom. The average molecular weight is 186 g/mol. The number of rotatable bonds is 2. The van der Waals surface area contributed by atoms with E-state index in [1.165, 1.54) is 0 Å². The summed E-state index contributed by atoms with van der Waals surface area (Å²) < 4.78 is 5.26. The SMILES string of the molecule is O[C@@]1(CN2CCOCC2)CCNC1. The molecule has 0 saturated carbocycles. The van der Waals surface area contributed by atoms with Gasteiger partial charge in [0.1, 0.15) is 0 Å². The number of ether oxygens (including phenoxy) is 1. The van der Waals surface area contributed by atoms with Crippen LogP contribution in [0.4, 0.5) is 0 Å². The summed E-state index contributed by atoms with van der Waals surface area (Å²) in [5.74, 6) is 0. The van der Waals surface area contributed by atoms with Crippen LogP contribution in [0.1, 0.15) is 6.42 Å². The topological polar surface area (TPSA) is 44.7 Å². The van der Waals surface area contributed by atoms with E-state index in [4.69, 9.17) is 4.74 Å². The fourth-order valence-electron chi connectivity index (χ4n) is 2.04. The highest BCUT2D eigenvalue weighted by molar-refractivity contribution is 4.90. The van der Waals surface area contributed by atoms with Gasteiger partial charge >= 0.3 is 0 Å². The lowest BCUT2D eigenvalue weighted by molar-refractivity contribution is -0.0217. The zero-order valence-electron chi connectivity index (χ0n) is 7.96. The van der Waals surface area contributed by atoms with Crippen LogP contribution >= 0.6 is 0 Å². The highest BCUT2D eigenvalue weighted by Crippen LogP contribution is 2.16. The fraction of sp³-hybridized carbons (Fsp3) is 1.00. The molecule has 2 aliphatic heterocycles. The van der Waals surface area contributed by atoms with Crippen LogP contribution in [-0.2, 0) is 4.74 Å². The Labute approximate surface area is 78.9 Å². The maximum absolute atomic E-state index is 10.1. The van der Waals surface area contributed by atoms with E-state index in [1.54, 1.807) is 0 Å². The van der Waals surface area contributed by atoms with E-state index in [9.17, 15) is 5.11 Å². The molecule has 0 spiro atoms. The van der Waals surface area contributed by atoms with Gasteiger partial charge < -0.3 is 15.2 Å². The molecular weight excluding hydrogens is 168 g/mol. The van der Waals surface area contributed by atoms with Crippen molar-refractivity contribution in [2.45, 2.75) is 12.0 Å². The van der Waals surface area contributed by atoms with Gasteiger partial charge in [0.2, 0.25) is 0 Å². The molecule has 0 aromatic rings. The second kappa shape index (κ2) is 3.92. The zero-order chi connectivity index (χ0) is 9.15. The molecule has 2 heterocycles. The lowest BCUT2D eigenvalue weighted by atomic mass is 10.0. The summed E-state index contributed by atoms with van der Waals surface area (Å²) in [7, 11) is 0. The number of β-amino-alcohol motifs (C(OH)–C–C–N with tert-alkyl or cyclic N) is 1. The van der Waals surface area contributed by atoms with E-state index in [2.05, 4.69) is 10.2 Å². The van der Waals surface area contributed by atoms with Crippen molar-refractivity contribution in [3.8, 4) is 0 Å². The first-order valence-corrected chi connectivity index (χ1v) is 5.02. The van der Waals surface area contributed by atoms with E-state index >= 15 is 0 Å². The third kappa shape index (κ3) is 2.40. The van der Waals surface area contributed by atoms with Gasteiger partial charge in [-0.25, -0.2) is 0 Å². The third-order valence-corrected chi connectivity index (χ3v) is 2.84. The zero-order valence-corrected chi connectivity index (χ0v) is 7.96. The van der Waals surface area contributed by atoms with Crippen molar-refractivity contribution in [2.24, 2.45) is 0 Å². The summed E-state index contributed by atoms with van der Waals surface area (Å²) in [4.78, 5) is 2.29. The molecule has 0 unspecified atom stereocenters. The lowest BCUT2D eigenvalue weighted by Crippen LogP contribution is -2.48. The summed E-state index contributed by atoms with van der Waals surface area (Å²) in [6.07, 6.45) is 0.879. The molecular formula is C9H18N2O2. The quantitative estimate of drug-likeness (QED) is 0.583. The first-order valence-electron chi connectivity index (χ1n) is 5.02. The minimum atomic E-state index is -0.489. The molecule has 0 radical (unpaired) electrons. The molecule has 76 valence electrons. The number of nitrogens with zero attached hydrogens (tertiary/aromatic N) is 1. The Hall–Kier alpha value is -0.160. The van der Waals surface area contributed by atoms with Crippen molar-refractivity contribution in [2.75, 3.05) is 45.9 Å². The molecule has 1 atom stereocenters. The molecule has 13 heavy (non-hydrogen) atoms. The van der Waals surface area contributed by atoms with Crippen LogP contribution < -0.4 is 5.32 Å². The fourth-order valence-corrected chi connectivity index (χ4v) is 2.04. The van der Waals surface area contributed by atoms with E-state index in [-0.39, 0.29) is 0 Å². The van der Waals surface area contributed by atoms with Gasteiger partial charge in [0.25, 0.3) is 0 Å². The minimum Gasteiger partial charge on any atom is -0.387 e. The molecule has 2 rings (SSSR count). The second-order valence-electron chi connectivity index (χ2n) is 4.04. The van der Waals surface area contributed by atoms with Gasteiger partial charge in [-0.05, 0) is 13.0 Å². The Morgan fingerprint density at radius 2 is 2.15 bits per heavy atom. The first-order chi connectivity index (χ1) is 6.29. The number of hydrogen-bond acceptors (Lipinski definition) is 4. The Bertz CT molecular complexity index is 163. The Balaban J connectivity index is 1.81. The summed E-state index contributed by atoms with van der Waals surface area (Å²) in [5.41, 5.74) is -0.489. The highest BCUT2D eigenvalue weighted by atomic mass is 16.5. The van der Waals surface area contributed by atoms with Crippen molar-refractivity contribution in [3.63, 3.8) is 0 Å². The smallest absolute Gasteiger partial charge is 0.0909 e. The monoisotopic (exact) mass is 186 g/mol. The molecule has 0 aromatic heterocycles. The van der Waals surface area contributed by atoms with E-state index in [0.29, 0.717) is 0 Å². The van der Waals surface area contributed by atoms with Crippen LogP contribution in [0.5, 0.6) is 0 Å². The summed E-state index contributed by atoms with van der Waals surface area (Å²) in [6, 6.07) is 0. The third-order valence-electron chi connectivity index (χ3n) is 2.84. The summed E-state index contributed by atoms with van der Waals surface area (Å²) >= 11 is 0. The number of morpholine rings is 1. The largest absolute Gasteiger partial charge is 0.387 e. The normalized spacial score (nSPS) is 36.7. The molecule has 0 aromatic carbocycles. The highest BCUT2D eigenvalue weighted by Gasteiger charge is 2.33. The van der Waals surface area contributed by atoms with E-state index in [0.717, 1.165) is 52.4 Å². The number of hydrogen-bond donors (Lipinski definition) is 2. The van der Waals surface area contributed by atoms with Crippen LogP contribution in [0.3, 0.4) is 0 Å². The predicted octanol–water partition coefficient (Wildman–Crippen LogP) is -0.957. The predicted molar refractivity (Wildman–Crippen MR) is 49.7 cm³/mol. The van der Waals surface area contributed by atoms with Crippen LogP contribution in [0, 0.1) is 0 Å².